The number of ether oxygens (including phenoxy) is 1. The molecule has 2 aromatic rings. The van der Waals surface area contributed by atoms with Gasteiger partial charge in [-0.05, 0) is 46.9 Å². The van der Waals surface area contributed by atoms with Gasteiger partial charge in [0.2, 0.25) is 0 Å². The molecule has 2 nitrogen and oxygen atoms in total. The van der Waals surface area contributed by atoms with E-state index in [0.717, 1.165) is 25.0 Å². The van der Waals surface area contributed by atoms with Gasteiger partial charge in [-0.25, -0.2) is 0 Å². The van der Waals surface area contributed by atoms with E-state index in [1.165, 1.54) is 0 Å². The Kier molecular flexibility index (Phi) is 4.28. The van der Waals surface area contributed by atoms with E-state index in [-0.39, 0.29) is 0 Å². The highest BCUT2D eigenvalue weighted by Crippen LogP contribution is 2.26. The predicted molar refractivity (Wildman–Crippen MR) is 82.0 cm³/mol. The summed E-state index contributed by atoms with van der Waals surface area (Å²) < 4.78 is 7.84. The number of halogens is 2. The van der Waals surface area contributed by atoms with Crippen LogP contribution in [-0.2, 0) is 6.61 Å². The number of nitrogen functional groups attached to an aromatic ring is 1. The number of para-hydroxylation sites is 1. The van der Waals surface area contributed by atoms with Crippen LogP contribution in [0.5, 0.6) is 5.75 Å². The fourth-order valence-electron chi connectivity index (χ4n) is 1.44. The van der Waals surface area contributed by atoms with Crippen LogP contribution in [0.4, 0.5) is 5.69 Å². The van der Waals surface area contributed by atoms with E-state index in [1.54, 1.807) is 0 Å². The third-order valence-corrected chi connectivity index (χ3v) is 4.00. The van der Waals surface area contributed by atoms with Crippen LogP contribution in [0.15, 0.2) is 46.9 Å². The maximum absolute atomic E-state index is 5.91. The lowest BCUT2D eigenvalue weighted by molar-refractivity contribution is 0.304. The van der Waals surface area contributed by atoms with Crippen LogP contribution >= 0.6 is 38.5 Å². The van der Waals surface area contributed by atoms with Crippen LogP contribution in [0.1, 0.15) is 5.56 Å². The first-order chi connectivity index (χ1) is 8.18. The van der Waals surface area contributed by atoms with Gasteiger partial charge in [-0.15, -0.1) is 0 Å². The van der Waals surface area contributed by atoms with Gasteiger partial charge in [0.05, 0.1) is 3.57 Å². The molecule has 2 aromatic carbocycles. The molecule has 0 spiro atoms. The smallest absolute Gasteiger partial charge is 0.133 e. The van der Waals surface area contributed by atoms with Crippen molar-refractivity contribution in [3.05, 3.63) is 56.1 Å². The van der Waals surface area contributed by atoms with E-state index in [1.807, 2.05) is 42.5 Å². The molecule has 0 unspecified atom stereocenters. The van der Waals surface area contributed by atoms with E-state index in [0.29, 0.717) is 6.61 Å². The number of nitrogens with two attached hydrogens (primary N) is 1. The first-order valence-corrected chi connectivity index (χ1v) is 6.96. The number of hydrogen-bond acceptors (Lipinski definition) is 2. The van der Waals surface area contributed by atoms with Crippen molar-refractivity contribution in [3.63, 3.8) is 0 Å². The minimum atomic E-state index is 0.466. The summed E-state index contributed by atoms with van der Waals surface area (Å²) in [6, 6.07) is 13.7. The molecule has 0 radical (unpaired) electrons. The number of hydrogen-bond donors (Lipinski definition) is 1. The molecule has 0 aliphatic heterocycles. The van der Waals surface area contributed by atoms with Gasteiger partial charge in [-0.2, -0.15) is 0 Å². The second kappa shape index (κ2) is 5.73. The molecule has 4 heteroatoms. The largest absolute Gasteiger partial charge is 0.488 e. The molecule has 0 amide bonds. The van der Waals surface area contributed by atoms with Gasteiger partial charge in [0.15, 0.2) is 0 Å². The Labute approximate surface area is 122 Å². The molecule has 0 fully saturated rings. The number of anilines is 1. The van der Waals surface area contributed by atoms with E-state index in [4.69, 9.17) is 10.5 Å². The zero-order valence-corrected chi connectivity index (χ0v) is 12.7. The van der Waals surface area contributed by atoms with Gasteiger partial charge >= 0.3 is 0 Å². The molecule has 0 aliphatic carbocycles. The van der Waals surface area contributed by atoms with E-state index >= 15 is 0 Å². The average Bonchev–Trinajstić information content (AvgIpc) is 2.30. The first-order valence-electron chi connectivity index (χ1n) is 5.08. The third kappa shape index (κ3) is 3.13. The van der Waals surface area contributed by atoms with Gasteiger partial charge in [-0.1, -0.05) is 34.1 Å². The zero-order chi connectivity index (χ0) is 12.3. The molecule has 2 rings (SSSR count). The summed E-state index contributed by atoms with van der Waals surface area (Å²) in [6.45, 7) is 0.466. The Balaban J connectivity index is 2.16. The summed E-state index contributed by atoms with van der Waals surface area (Å²) in [5.41, 5.74) is 7.63. The number of benzene rings is 2. The highest BCUT2D eigenvalue weighted by Gasteiger charge is 2.06. The molecule has 2 N–H and O–H groups in total. The van der Waals surface area contributed by atoms with Crippen molar-refractivity contribution in [2.75, 3.05) is 5.73 Å². The third-order valence-electron chi connectivity index (χ3n) is 2.36. The second-order valence-electron chi connectivity index (χ2n) is 3.53. The van der Waals surface area contributed by atoms with Crippen molar-refractivity contribution >= 4 is 44.2 Å². The van der Waals surface area contributed by atoms with Crippen LogP contribution in [0.2, 0.25) is 0 Å². The Morgan fingerprint density at radius 2 is 1.88 bits per heavy atom. The van der Waals surface area contributed by atoms with Gasteiger partial charge in [0.25, 0.3) is 0 Å². The molecular weight excluding hydrogens is 393 g/mol. The Hall–Kier alpha value is -0.750. The fourth-order valence-corrected chi connectivity index (χ4v) is 2.48. The molecule has 0 aromatic heterocycles. The Bertz CT molecular complexity index is 510. The molecule has 17 heavy (non-hydrogen) atoms. The minimum Gasteiger partial charge on any atom is -0.488 e. The van der Waals surface area contributed by atoms with Crippen molar-refractivity contribution in [1.82, 2.24) is 0 Å². The van der Waals surface area contributed by atoms with E-state index in [9.17, 15) is 0 Å². The first kappa shape index (κ1) is 12.7. The van der Waals surface area contributed by atoms with E-state index in [2.05, 4.69) is 38.5 Å². The molecule has 0 atom stereocenters. The standard InChI is InChI=1S/C13H11BrINO/c14-10-4-3-6-12(16)9(10)8-17-13-7-2-1-5-11(13)15/h1-7H,8,16H2. The van der Waals surface area contributed by atoms with Crippen LogP contribution < -0.4 is 10.5 Å². The average molecular weight is 404 g/mol. The second-order valence-corrected chi connectivity index (χ2v) is 5.54. The molecule has 0 aliphatic rings. The van der Waals surface area contributed by atoms with Crippen molar-refractivity contribution < 1.29 is 4.74 Å². The predicted octanol–water partition coefficient (Wildman–Crippen LogP) is 4.21. The Morgan fingerprint density at radius 3 is 2.59 bits per heavy atom. The maximum Gasteiger partial charge on any atom is 0.133 e. The normalized spacial score (nSPS) is 10.2. The van der Waals surface area contributed by atoms with Crippen molar-refractivity contribution in [2.45, 2.75) is 6.61 Å². The summed E-state index contributed by atoms with van der Waals surface area (Å²) >= 11 is 5.73. The van der Waals surface area contributed by atoms with E-state index < -0.39 is 0 Å². The zero-order valence-electron chi connectivity index (χ0n) is 8.99. The quantitative estimate of drug-likeness (QED) is 0.615. The van der Waals surface area contributed by atoms with Crippen molar-refractivity contribution in [2.24, 2.45) is 0 Å². The van der Waals surface area contributed by atoms with Crippen LogP contribution in [0.25, 0.3) is 0 Å². The lowest BCUT2D eigenvalue weighted by Gasteiger charge is -2.11. The lowest BCUT2D eigenvalue weighted by atomic mass is 10.2. The van der Waals surface area contributed by atoms with Crippen LogP contribution in [-0.4, -0.2) is 0 Å². The summed E-state index contributed by atoms with van der Waals surface area (Å²) in [6.07, 6.45) is 0. The minimum absolute atomic E-state index is 0.466. The van der Waals surface area contributed by atoms with Gasteiger partial charge < -0.3 is 10.5 Å². The van der Waals surface area contributed by atoms with Gasteiger partial charge in [0, 0.05) is 15.7 Å². The molecular formula is C13H11BrINO. The highest BCUT2D eigenvalue weighted by molar-refractivity contribution is 14.1. The van der Waals surface area contributed by atoms with Gasteiger partial charge in [0.1, 0.15) is 12.4 Å². The van der Waals surface area contributed by atoms with Crippen LogP contribution in [0.3, 0.4) is 0 Å². The summed E-state index contributed by atoms with van der Waals surface area (Å²) in [7, 11) is 0. The highest BCUT2D eigenvalue weighted by atomic mass is 127. The summed E-state index contributed by atoms with van der Waals surface area (Å²) in [4.78, 5) is 0. The van der Waals surface area contributed by atoms with Gasteiger partial charge in [-0.3, -0.25) is 0 Å². The topological polar surface area (TPSA) is 35.2 Å². The Morgan fingerprint density at radius 1 is 1.12 bits per heavy atom. The van der Waals surface area contributed by atoms with Crippen molar-refractivity contribution in [1.29, 1.82) is 0 Å². The molecule has 0 bridgehead atoms. The number of rotatable bonds is 3. The maximum atomic E-state index is 5.91. The summed E-state index contributed by atoms with van der Waals surface area (Å²) in [5.74, 6) is 0.878. The monoisotopic (exact) mass is 403 g/mol. The molecule has 0 heterocycles. The molecule has 0 saturated heterocycles. The fraction of sp³-hybridized carbons (Fsp3) is 0.0769. The van der Waals surface area contributed by atoms with Crippen molar-refractivity contribution in [3.8, 4) is 5.75 Å². The SMILES string of the molecule is Nc1cccc(Br)c1COc1ccccc1I. The molecule has 0 saturated carbocycles. The lowest BCUT2D eigenvalue weighted by Crippen LogP contribution is -2.01. The van der Waals surface area contributed by atoms with Crippen LogP contribution in [0, 0.1) is 3.57 Å². The molecule has 88 valence electrons. The summed E-state index contributed by atoms with van der Waals surface area (Å²) in [5, 5.41) is 0.